The van der Waals surface area contributed by atoms with Crippen molar-refractivity contribution >= 4 is 17.5 Å². The largest absolute Gasteiger partial charge is 0.344 e. The maximum atomic E-state index is 13.3. The van der Waals surface area contributed by atoms with Gasteiger partial charge in [0.25, 0.3) is 0 Å². The van der Waals surface area contributed by atoms with Gasteiger partial charge in [-0.25, -0.2) is 13.2 Å². The number of halogens is 3. The van der Waals surface area contributed by atoms with Crippen LogP contribution in [0.2, 0.25) is 0 Å². The Labute approximate surface area is 124 Å². The highest BCUT2D eigenvalue weighted by atomic mass is 19.1. The van der Waals surface area contributed by atoms with Gasteiger partial charge in [-0.1, -0.05) is 12.1 Å². The summed E-state index contributed by atoms with van der Waals surface area (Å²) in [5.74, 6) is -4.18. The summed E-state index contributed by atoms with van der Waals surface area (Å²) in [6.45, 7) is -0.00182. The zero-order valence-corrected chi connectivity index (χ0v) is 11.2. The molecule has 0 aliphatic carbocycles. The number of carbonyl (C=O) groups is 2. The van der Waals surface area contributed by atoms with Gasteiger partial charge in [0.2, 0.25) is 0 Å². The van der Waals surface area contributed by atoms with Crippen LogP contribution < -0.4 is 10.6 Å². The fourth-order valence-corrected chi connectivity index (χ4v) is 1.64. The van der Waals surface area contributed by atoms with Gasteiger partial charge < -0.3 is 10.6 Å². The number of amides is 2. The van der Waals surface area contributed by atoms with Gasteiger partial charge >= 0.3 is 11.8 Å². The van der Waals surface area contributed by atoms with E-state index in [2.05, 4.69) is 5.32 Å². The summed E-state index contributed by atoms with van der Waals surface area (Å²) in [7, 11) is 0. The molecule has 2 amide bonds. The van der Waals surface area contributed by atoms with Crippen molar-refractivity contribution in [1.29, 1.82) is 0 Å². The van der Waals surface area contributed by atoms with Crippen LogP contribution in [0.25, 0.3) is 0 Å². The lowest BCUT2D eigenvalue weighted by Gasteiger charge is -2.07. The molecule has 0 saturated carbocycles. The third kappa shape index (κ3) is 4.08. The van der Waals surface area contributed by atoms with Crippen LogP contribution in [-0.2, 0) is 16.1 Å². The van der Waals surface area contributed by atoms with E-state index in [1.807, 2.05) is 5.32 Å². The van der Waals surface area contributed by atoms with Gasteiger partial charge in [0, 0.05) is 12.6 Å². The number of hydrogen-bond donors (Lipinski definition) is 2. The summed E-state index contributed by atoms with van der Waals surface area (Å²) in [6.07, 6.45) is 0. The van der Waals surface area contributed by atoms with Crippen LogP contribution >= 0.6 is 0 Å². The van der Waals surface area contributed by atoms with E-state index < -0.39 is 35.0 Å². The van der Waals surface area contributed by atoms with Crippen molar-refractivity contribution in [2.45, 2.75) is 6.54 Å². The van der Waals surface area contributed by atoms with E-state index in [0.29, 0.717) is 5.56 Å². The highest BCUT2D eigenvalue weighted by molar-refractivity contribution is 6.39. The standard InChI is InChI=1S/C15H11F3N2O2/c16-10-3-1-9(2-4-10)8-19-14(21)15(22)20-13-7-11(17)5-6-12(13)18/h1-7H,8H2,(H,19,21)(H,20,22). The molecular formula is C15H11F3N2O2. The molecule has 0 radical (unpaired) electrons. The van der Waals surface area contributed by atoms with Crippen molar-refractivity contribution in [3.63, 3.8) is 0 Å². The molecule has 2 aromatic carbocycles. The Balaban J connectivity index is 1.93. The van der Waals surface area contributed by atoms with Crippen LogP contribution in [0.15, 0.2) is 42.5 Å². The number of hydrogen-bond acceptors (Lipinski definition) is 2. The first-order chi connectivity index (χ1) is 10.5. The quantitative estimate of drug-likeness (QED) is 0.855. The number of carbonyl (C=O) groups excluding carboxylic acids is 2. The number of benzene rings is 2. The second-order valence-corrected chi connectivity index (χ2v) is 4.39. The topological polar surface area (TPSA) is 58.2 Å². The minimum atomic E-state index is -1.13. The van der Waals surface area contributed by atoms with E-state index in [4.69, 9.17) is 0 Å². The lowest BCUT2D eigenvalue weighted by Crippen LogP contribution is -2.35. The van der Waals surface area contributed by atoms with Crippen molar-refractivity contribution in [2.24, 2.45) is 0 Å². The SMILES string of the molecule is O=C(NCc1ccc(F)cc1)C(=O)Nc1cc(F)ccc1F. The minimum Gasteiger partial charge on any atom is -0.344 e. The second-order valence-electron chi connectivity index (χ2n) is 4.39. The first kappa shape index (κ1) is 15.6. The molecule has 7 heteroatoms. The predicted molar refractivity (Wildman–Crippen MR) is 73.2 cm³/mol. The maximum Gasteiger partial charge on any atom is 0.313 e. The summed E-state index contributed by atoms with van der Waals surface area (Å²) in [4.78, 5) is 23.1. The lowest BCUT2D eigenvalue weighted by atomic mass is 10.2. The van der Waals surface area contributed by atoms with E-state index >= 15 is 0 Å². The van der Waals surface area contributed by atoms with E-state index in [1.165, 1.54) is 24.3 Å². The molecule has 114 valence electrons. The van der Waals surface area contributed by atoms with Gasteiger partial charge in [-0.15, -0.1) is 0 Å². The molecule has 22 heavy (non-hydrogen) atoms. The maximum absolute atomic E-state index is 13.3. The fourth-order valence-electron chi connectivity index (χ4n) is 1.64. The van der Waals surface area contributed by atoms with E-state index in [9.17, 15) is 22.8 Å². The van der Waals surface area contributed by atoms with Crippen LogP contribution in [0.3, 0.4) is 0 Å². The lowest BCUT2D eigenvalue weighted by molar-refractivity contribution is -0.136. The molecule has 0 fully saturated rings. The zero-order chi connectivity index (χ0) is 16.1. The van der Waals surface area contributed by atoms with Crippen molar-refractivity contribution in [2.75, 3.05) is 5.32 Å². The van der Waals surface area contributed by atoms with Gasteiger partial charge in [0.1, 0.15) is 17.5 Å². The van der Waals surface area contributed by atoms with Gasteiger partial charge in [0.05, 0.1) is 5.69 Å². The predicted octanol–water partition coefficient (Wildman–Crippen LogP) is 2.36. The molecule has 0 bridgehead atoms. The van der Waals surface area contributed by atoms with E-state index in [-0.39, 0.29) is 6.54 Å². The Morgan fingerprint density at radius 1 is 0.864 bits per heavy atom. The fraction of sp³-hybridized carbons (Fsp3) is 0.0667. The third-order valence-electron chi connectivity index (χ3n) is 2.75. The average molecular weight is 308 g/mol. The van der Waals surface area contributed by atoms with Gasteiger partial charge in [-0.3, -0.25) is 9.59 Å². The monoisotopic (exact) mass is 308 g/mol. The molecule has 0 aromatic heterocycles. The van der Waals surface area contributed by atoms with Crippen LogP contribution in [0.5, 0.6) is 0 Å². The van der Waals surface area contributed by atoms with Crippen molar-refractivity contribution < 1.29 is 22.8 Å². The Kier molecular flexibility index (Phi) is 4.77. The summed E-state index contributed by atoms with van der Waals surface area (Å²) >= 11 is 0. The summed E-state index contributed by atoms with van der Waals surface area (Å²) in [6, 6.07) is 7.80. The molecule has 4 nitrogen and oxygen atoms in total. The molecule has 0 aliphatic rings. The second kappa shape index (κ2) is 6.75. The van der Waals surface area contributed by atoms with E-state index in [0.717, 1.165) is 18.2 Å². The Bertz CT molecular complexity index is 702. The normalized spacial score (nSPS) is 10.1. The molecule has 2 N–H and O–H groups in total. The molecule has 0 unspecified atom stereocenters. The summed E-state index contributed by atoms with van der Waals surface area (Å²) in [5, 5.41) is 4.25. The van der Waals surface area contributed by atoms with Crippen molar-refractivity contribution in [3.8, 4) is 0 Å². The number of nitrogens with one attached hydrogen (secondary N) is 2. The van der Waals surface area contributed by atoms with Gasteiger partial charge in [0.15, 0.2) is 0 Å². The van der Waals surface area contributed by atoms with E-state index in [1.54, 1.807) is 0 Å². The molecule has 0 atom stereocenters. The highest BCUT2D eigenvalue weighted by Gasteiger charge is 2.15. The third-order valence-corrected chi connectivity index (χ3v) is 2.75. The Hall–Kier alpha value is -2.83. The van der Waals surface area contributed by atoms with Crippen molar-refractivity contribution in [1.82, 2.24) is 5.32 Å². The minimum absolute atomic E-state index is 0.00182. The molecule has 2 rings (SSSR count). The molecular weight excluding hydrogens is 297 g/mol. The summed E-state index contributed by atoms with van der Waals surface area (Å²) in [5.41, 5.74) is 0.154. The molecule has 0 spiro atoms. The zero-order valence-electron chi connectivity index (χ0n) is 11.2. The van der Waals surface area contributed by atoms with Crippen LogP contribution in [0, 0.1) is 17.5 Å². The van der Waals surface area contributed by atoms with Gasteiger partial charge in [-0.2, -0.15) is 0 Å². The Morgan fingerprint density at radius 3 is 2.18 bits per heavy atom. The number of rotatable bonds is 3. The van der Waals surface area contributed by atoms with Crippen LogP contribution in [0.4, 0.5) is 18.9 Å². The first-order valence-corrected chi connectivity index (χ1v) is 6.24. The molecule has 2 aromatic rings. The number of anilines is 1. The summed E-state index contributed by atoms with van der Waals surface area (Å²) < 4.78 is 39.0. The molecule has 0 aliphatic heterocycles. The van der Waals surface area contributed by atoms with Crippen molar-refractivity contribution in [3.05, 3.63) is 65.5 Å². The molecule has 0 heterocycles. The van der Waals surface area contributed by atoms with Crippen LogP contribution in [-0.4, -0.2) is 11.8 Å². The smallest absolute Gasteiger partial charge is 0.313 e. The highest BCUT2D eigenvalue weighted by Crippen LogP contribution is 2.14. The van der Waals surface area contributed by atoms with Crippen LogP contribution in [0.1, 0.15) is 5.56 Å². The van der Waals surface area contributed by atoms with Gasteiger partial charge in [-0.05, 0) is 29.8 Å². The first-order valence-electron chi connectivity index (χ1n) is 6.24. The molecule has 0 saturated heterocycles. The average Bonchev–Trinajstić information content (AvgIpc) is 2.50. The Morgan fingerprint density at radius 2 is 1.50 bits per heavy atom.